The van der Waals surface area contributed by atoms with Gasteiger partial charge in [-0.25, -0.2) is 8.42 Å². The number of thiophene rings is 1. The van der Waals surface area contributed by atoms with Crippen LogP contribution in [-0.2, 0) is 20.1 Å². The van der Waals surface area contributed by atoms with E-state index in [1.165, 1.54) is 18.2 Å². The number of alkyl halides is 2. The van der Waals surface area contributed by atoms with E-state index in [-0.39, 0.29) is 33.0 Å². The highest BCUT2D eigenvalue weighted by atomic mass is 79.9. The van der Waals surface area contributed by atoms with E-state index in [2.05, 4.69) is 21.2 Å². The Morgan fingerprint density at radius 1 is 1.29 bits per heavy atom. The molecule has 1 fully saturated rings. The van der Waals surface area contributed by atoms with Crippen LogP contribution in [0.5, 0.6) is 0 Å². The normalized spacial score (nSPS) is 18.3. The molecule has 13 heteroatoms. The van der Waals surface area contributed by atoms with Crippen molar-refractivity contribution in [3.05, 3.63) is 33.1 Å². The zero-order chi connectivity index (χ0) is 20.9. The minimum Gasteiger partial charge on any atom is -0.349 e. The second-order valence-corrected chi connectivity index (χ2v) is 12.2. The third-order valence-corrected chi connectivity index (χ3v) is 9.57. The van der Waals surface area contributed by atoms with E-state index in [9.17, 15) is 26.6 Å². The maximum Gasteiger partial charge on any atom is 0.400 e. The molecule has 1 aromatic carbocycles. The quantitative estimate of drug-likeness (QED) is 0.535. The molecule has 3 rings (SSSR count). The molecule has 0 aliphatic carbocycles. The van der Waals surface area contributed by atoms with Crippen LogP contribution in [0.1, 0.15) is 28.1 Å². The fourth-order valence-electron chi connectivity index (χ4n) is 2.84. The van der Waals surface area contributed by atoms with Crippen molar-refractivity contribution in [1.82, 2.24) is 5.32 Å². The van der Waals surface area contributed by atoms with Gasteiger partial charge in [0.25, 0.3) is 5.91 Å². The zero-order valence-corrected chi connectivity index (χ0v) is 18.2. The highest BCUT2D eigenvalue weighted by Gasteiger charge is 2.53. The summed E-state index contributed by atoms with van der Waals surface area (Å²) in [4.78, 5) is 29.5. The summed E-state index contributed by atoms with van der Waals surface area (Å²) in [7, 11) is -8.78. The van der Waals surface area contributed by atoms with Crippen molar-refractivity contribution in [2.45, 2.75) is 24.5 Å². The lowest BCUT2D eigenvalue weighted by Gasteiger charge is -2.23. The molecule has 2 aromatic rings. The van der Waals surface area contributed by atoms with Crippen molar-refractivity contribution < 1.29 is 36.3 Å². The first-order valence-corrected chi connectivity index (χ1v) is 13.0. The monoisotopic (exact) mass is 517 g/mol. The first kappa shape index (κ1) is 21.8. The molecule has 1 aliphatic rings. The molecule has 2 heterocycles. The fourth-order valence-corrected chi connectivity index (χ4v) is 7.25. The van der Waals surface area contributed by atoms with Gasteiger partial charge in [-0.1, -0.05) is 0 Å². The van der Waals surface area contributed by atoms with Crippen molar-refractivity contribution in [2.24, 2.45) is 0 Å². The first-order chi connectivity index (χ1) is 12.8. The predicted molar refractivity (Wildman–Crippen MR) is 105 cm³/mol. The molecule has 154 valence electrons. The second-order valence-electron chi connectivity index (χ2n) is 6.44. The van der Waals surface area contributed by atoms with Crippen LogP contribution in [-0.4, -0.2) is 41.7 Å². The molecule has 0 saturated carbocycles. The van der Waals surface area contributed by atoms with Gasteiger partial charge in [-0.3, -0.25) is 9.36 Å². The Labute approximate surface area is 171 Å². The smallest absolute Gasteiger partial charge is 0.349 e. The van der Waals surface area contributed by atoms with Crippen molar-refractivity contribution in [3.8, 4) is 0 Å². The summed E-state index contributed by atoms with van der Waals surface area (Å²) in [5, 5.41) is 2.96. The molecule has 1 aromatic heterocycles. The Morgan fingerprint density at radius 2 is 1.89 bits per heavy atom. The average molecular weight is 518 g/mol. The molecular weight excluding hydrogens is 503 g/mol. The van der Waals surface area contributed by atoms with Crippen LogP contribution in [0.25, 0.3) is 10.1 Å². The number of hydrogen-bond donors (Lipinski definition) is 3. The molecule has 0 atom stereocenters. The number of hydrogen-bond acceptors (Lipinski definition) is 5. The van der Waals surface area contributed by atoms with E-state index in [0.29, 0.717) is 28.9 Å². The summed E-state index contributed by atoms with van der Waals surface area (Å²) in [5.74, 6) is -0.491. The Balaban J connectivity index is 1.87. The van der Waals surface area contributed by atoms with Crippen LogP contribution in [0, 0.1) is 0 Å². The number of rotatable bonds is 4. The summed E-state index contributed by atoms with van der Waals surface area (Å²) >= 11 is 3.49. The van der Waals surface area contributed by atoms with Crippen molar-refractivity contribution in [1.29, 1.82) is 0 Å². The van der Waals surface area contributed by atoms with E-state index < -0.39 is 33.9 Å². The summed E-state index contributed by atoms with van der Waals surface area (Å²) < 4.78 is 62.4. The van der Waals surface area contributed by atoms with E-state index in [1.54, 1.807) is 0 Å². The van der Waals surface area contributed by atoms with Gasteiger partial charge in [0.05, 0.1) is 11.5 Å². The second kappa shape index (κ2) is 7.41. The number of carbonyl (C=O) groups excluding carboxylic acids is 1. The Hall–Kier alpha value is -0.910. The van der Waals surface area contributed by atoms with Crippen molar-refractivity contribution in [3.63, 3.8) is 0 Å². The summed E-state index contributed by atoms with van der Waals surface area (Å²) in [5.41, 5.74) is -4.18. The van der Waals surface area contributed by atoms with Gasteiger partial charge in [0.15, 0.2) is 0 Å². The topological polar surface area (TPSA) is 121 Å². The Bertz CT molecular complexity index is 1080. The number of nitrogens with one attached hydrogen (secondary N) is 1. The van der Waals surface area contributed by atoms with Gasteiger partial charge >= 0.3 is 13.3 Å². The standard InChI is InChI=1S/C15H15BrF2NO6PS2/c16-12-10-7-8(14(20)19-9-3-5-28(24,25)6-4-9)1-2-11(10)27-13(12)15(17,18)26(21,22)23/h1-2,7,9H,3-6H2,(H,19,20)(H2,21,22,23). The third-order valence-electron chi connectivity index (χ3n) is 4.42. The van der Waals surface area contributed by atoms with Crippen LogP contribution in [0.4, 0.5) is 8.78 Å². The Morgan fingerprint density at radius 3 is 2.46 bits per heavy atom. The average Bonchev–Trinajstić information content (AvgIpc) is 2.93. The molecule has 7 nitrogen and oxygen atoms in total. The maximum atomic E-state index is 14.1. The molecule has 1 saturated heterocycles. The van der Waals surface area contributed by atoms with Crippen LogP contribution in [0.2, 0.25) is 0 Å². The van der Waals surface area contributed by atoms with Gasteiger partial charge in [-0.2, -0.15) is 8.78 Å². The largest absolute Gasteiger partial charge is 0.400 e. The lowest BCUT2D eigenvalue weighted by atomic mass is 10.1. The van der Waals surface area contributed by atoms with Crippen LogP contribution >= 0.6 is 34.9 Å². The summed E-state index contributed by atoms with van der Waals surface area (Å²) in [6.07, 6.45) is 0.605. The van der Waals surface area contributed by atoms with Crippen molar-refractivity contribution >= 4 is 60.7 Å². The molecule has 0 spiro atoms. The number of carbonyl (C=O) groups is 1. The summed E-state index contributed by atoms with van der Waals surface area (Å²) in [6.45, 7) is 0. The molecule has 0 radical (unpaired) electrons. The number of benzene rings is 1. The van der Waals surface area contributed by atoms with Gasteiger partial charge in [0.1, 0.15) is 14.7 Å². The molecule has 1 amide bonds. The van der Waals surface area contributed by atoms with Crippen LogP contribution in [0.3, 0.4) is 0 Å². The number of fused-ring (bicyclic) bond motifs is 1. The fraction of sp³-hybridized carbons (Fsp3) is 0.400. The van der Waals surface area contributed by atoms with E-state index in [4.69, 9.17) is 9.79 Å². The van der Waals surface area contributed by atoms with Crippen LogP contribution < -0.4 is 5.32 Å². The highest BCUT2D eigenvalue weighted by molar-refractivity contribution is 9.10. The molecule has 1 aliphatic heterocycles. The molecule has 0 bridgehead atoms. The van der Waals surface area contributed by atoms with Gasteiger partial charge in [-0.15, -0.1) is 11.3 Å². The molecule has 0 unspecified atom stereocenters. The molecule has 3 N–H and O–H groups in total. The van der Waals surface area contributed by atoms with Crippen LogP contribution in [0.15, 0.2) is 22.7 Å². The Kier molecular flexibility index (Phi) is 5.76. The van der Waals surface area contributed by atoms with E-state index in [0.717, 1.165) is 0 Å². The van der Waals surface area contributed by atoms with Gasteiger partial charge in [0.2, 0.25) is 0 Å². The van der Waals surface area contributed by atoms with E-state index in [1.807, 2.05) is 0 Å². The minimum atomic E-state index is -5.72. The molecule has 28 heavy (non-hydrogen) atoms. The third kappa shape index (κ3) is 4.17. The maximum absolute atomic E-state index is 14.1. The minimum absolute atomic E-state index is 0.00607. The SMILES string of the molecule is O=C(NC1CCS(=O)(=O)CC1)c1ccc2sc(C(F)(F)P(=O)(O)O)c(Br)c2c1. The lowest BCUT2D eigenvalue weighted by Crippen LogP contribution is -2.40. The van der Waals surface area contributed by atoms with Gasteiger partial charge in [0, 0.05) is 26.2 Å². The summed E-state index contributed by atoms with van der Waals surface area (Å²) in [6, 6.07) is 3.89. The molecular formula is C15H15BrF2NO6PS2. The number of halogens is 3. The number of amides is 1. The van der Waals surface area contributed by atoms with Gasteiger partial charge < -0.3 is 15.1 Å². The van der Waals surface area contributed by atoms with Gasteiger partial charge in [-0.05, 0) is 47.0 Å². The van der Waals surface area contributed by atoms with Crippen molar-refractivity contribution in [2.75, 3.05) is 11.5 Å². The highest BCUT2D eigenvalue weighted by Crippen LogP contribution is 2.62. The van der Waals surface area contributed by atoms with E-state index >= 15 is 0 Å². The first-order valence-electron chi connectivity index (χ1n) is 7.99. The lowest BCUT2D eigenvalue weighted by molar-refractivity contribution is 0.0595. The zero-order valence-electron chi connectivity index (χ0n) is 14.1. The number of sulfone groups is 1. The predicted octanol–water partition coefficient (Wildman–Crippen LogP) is 3.20.